The van der Waals surface area contributed by atoms with Crippen LogP contribution in [-0.4, -0.2) is 200 Å². The van der Waals surface area contributed by atoms with Crippen LogP contribution in [0.4, 0.5) is 5.69 Å². The largest absolute Gasteiger partial charge is 0.480 e. The molecule has 8 N–H and O–H groups in total. The van der Waals surface area contributed by atoms with Gasteiger partial charge in [0.1, 0.15) is 13.1 Å². The highest BCUT2D eigenvalue weighted by atomic mass is 16.4. The molecule has 0 aromatic heterocycles. The van der Waals surface area contributed by atoms with Crippen LogP contribution in [0.25, 0.3) is 0 Å². The fourth-order valence-electron chi connectivity index (χ4n) is 5.46. The molecule has 1 aromatic carbocycles. The van der Waals surface area contributed by atoms with E-state index in [0.29, 0.717) is 11.3 Å². The summed E-state index contributed by atoms with van der Waals surface area (Å²) in [6.07, 6.45) is 0.141. The van der Waals surface area contributed by atoms with Crippen molar-refractivity contribution < 1.29 is 59.4 Å². The number of carbonyl (C=O) groups is 6. The molecule has 0 bridgehead atoms. The molecule has 0 radical (unpaired) electrons. The third-order valence-corrected chi connectivity index (χ3v) is 7.63. The summed E-state index contributed by atoms with van der Waals surface area (Å²) in [4.78, 5) is 77.2. The molecule has 0 saturated carbocycles. The number of hydrazine groups is 1. The van der Waals surface area contributed by atoms with Gasteiger partial charge in [0.2, 0.25) is 0 Å². The van der Waals surface area contributed by atoms with E-state index in [1.54, 1.807) is 24.3 Å². The van der Waals surface area contributed by atoms with Gasteiger partial charge in [-0.25, -0.2) is 10.0 Å². The quantitative estimate of drug-likeness (QED) is 0.0993. The number of carboxylic acid groups (broad SMARTS) is 6. The fourth-order valence-corrected chi connectivity index (χ4v) is 5.46. The van der Waals surface area contributed by atoms with Crippen LogP contribution in [0.5, 0.6) is 0 Å². The maximum atomic E-state index is 12.2. The molecule has 19 heteroatoms. The number of nitrogens with zero attached hydrogens (tertiary/aromatic N) is 6. The average Bonchev–Trinajstić information content (AvgIpc) is 2.96. The third kappa shape index (κ3) is 15.9. The number of benzene rings is 1. The van der Waals surface area contributed by atoms with Gasteiger partial charge in [-0.1, -0.05) is 12.1 Å². The molecule has 0 amide bonds. The molecule has 0 spiro atoms. The summed E-state index contributed by atoms with van der Waals surface area (Å²) in [5, 5.41) is 60.7. The molecular weight excluding hydrogens is 638 g/mol. The van der Waals surface area contributed by atoms with Crippen molar-refractivity contribution in [3.05, 3.63) is 29.8 Å². The second-order valence-electron chi connectivity index (χ2n) is 11.5. The van der Waals surface area contributed by atoms with Crippen LogP contribution in [-0.2, 0) is 35.2 Å². The molecule has 2 rings (SSSR count). The summed E-state index contributed by atoms with van der Waals surface area (Å²) in [5.41, 5.74) is 7.01. The zero-order valence-electron chi connectivity index (χ0n) is 26.6. The van der Waals surface area contributed by atoms with E-state index < -0.39 is 81.1 Å². The second kappa shape index (κ2) is 20.1. The van der Waals surface area contributed by atoms with Crippen LogP contribution in [0.1, 0.15) is 5.56 Å². The van der Waals surface area contributed by atoms with E-state index in [1.807, 2.05) is 0 Å². The van der Waals surface area contributed by atoms with Crippen LogP contribution >= 0.6 is 0 Å². The number of nitrogens with two attached hydrogens (primary N) is 1. The highest BCUT2D eigenvalue weighted by Gasteiger charge is 2.31. The zero-order valence-corrected chi connectivity index (χ0v) is 26.6. The molecule has 1 aliphatic rings. The van der Waals surface area contributed by atoms with Gasteiger partial charge in [0.15, 0.2) is 0 Å². The van der Waals surface area contributed by atoms with Crippen molar-refractivity contribution in [2.24, 2.45) is 0 Å². The van der Waals surface area contributed by atoms with E-state index in [4.69, 9.17) is 5.73 Å². The Morgan fingerprint density at radius 1 is 0.521 bits per heavy atom. The number of aliphatic carboxylic acids is 6. The summed E-state index contributed by atoms with van der Waals surface area (Å²) < 4.78 is 0. The molecule has 1 aliphatic heterocycles. The van der Waals surface area contributed by atoms with Gasteiger partial charge < -0.3 is 36.4 Å². The van der Waals surface area contributed by atoms with Gasteiger partial charge in [-0.2, -0.15) is 0 Å². The number of hydrogen-bond donors (Lipinski definition) is 7. The maximum Gasteiger partial charge on any atom is 0.319 e. The minimum Gasteiger partial charge on any atom is -0.480 e. The lowest BCUT2D eigenvalue weighted by Gasteiger charge is -2.42. The Labute approximate surface area is 276 Å². The summed E-state index contributed by atoms with van der Waals surface area (Å²) in [6.45, 7) is -3.00. The Morgan fingerprint density at radius 3 is 1.27 bits per heavy atom. The van der Waals surface area contributed by atoms with Crippen LogP contribution in [0, 0.1) is 0 Å². The second-order valence-corrected chi connectivity index (χ2v) is 11.5. The fraction of sp³-hybridized carbons (Fsp3) is 0.586. The Balaban J connectivity index is 2.65. The number of carboxylic acids is 6. The highest BCUT2D eigenvalue weighted by molar-refractivity contribution is 5.71. The van der Waals surface area contributed by atoms with E-state index in [-0.39, 0.29) is 65.3 Å². The molecule has 268 valence electrons. The first kappa shape index (κ1) is 39.8. The van der Waals surface area contributed by atoms with Crippen LogP contribution < -0.4 is 5.73 Å². The summed E-state index contributed by atoms with van der Waals surface area (Å²) >= 11 is 0. The summed E-state index contributed by atoms with van der Waals surface area (Å²) in [7, 11) is 0. The number of nitrogen functional groups attached to an aromatic ring is 1. The number of hydrogen-bond acceptors (Lipinski definition) is 13. The standard InChI is InChI=1S/C29H45N7O12/c30-22-3-1-21(2-4-22)13-23-14-34(18-27(43)44)10-9-32(16-25(39)40)6-5-31(15-24(37)38)7-8-33(17-26(41)42)11-12-35(19-28(45)46)36(23)20-29(47)48/h1-4,23H,5-20,30H2,(H,37,38)(H,39,40)(H,41,42)(H,43,44)(H,45,46)(H,47,48). The molecule has 1 atom stereocenters. The van der Waals surface area contributed by atoms with Crippen LogP contribution in [0.15, 0.2) is 24.3 Å². The van der Waals surface area contributed by atoms with Crippen LogP contribution in [0.3, 0.4) is 0 Å². The predicted molar refractivity (Wildman–Crippen MR) is 168 cm³/mol. The SMILES string of the molecule is Nc1ccc(CC2CN(CC(=O)O)CCN(CC(=O)O)CCN(CC(=O)O)CCN(CC(=O)O)CCN(CC(=O)O)N2CC(=O)O)cc1. The van der Waals surface area contributed by atoms with Gasteiger partial charge in [0, 0.05) is 70.6 Å². The van der Waals surface area contributed by atoms with Crippen molar-refractivity contribution in [2.45, 2.75) is 12.5 Å². The van der Waals surface area contributed by atoms with E-state index >= 15 is 0 Å². The van der Waals surface area contributed by atoms with Crippen molar-refractivity contribution in [3.63, 3.8) is 0 Å². The van der Waals surface area contributed by atoms with E-state index in [1.165, 1.54) is 29.6 Å². The van der Waals surface area contributed by atoms with Gasteiger partial charge in [0.05, 0.1) is 26.2 Å². The van der Waals surface area contributed by atoms with E-state index in [0.717, 1.165) is 0 Å². The molecule has 1 aromatic rings. The molecular formula is C29H45N7O12. The van der Waals surface area contributed by atoms with Gasteiger partial charge in [0.25, 0.3) is 0 Å². The molecule has 1 saturated heterocycles. The minimum absolute atomic E-state index is 0.0307. The van der Waals surface area contributed by atoms with Crippen molar-refractivity contribution in [1.29, 1.82) is 0 Å². The van der Waals surface area contributed by atoms with E-state index in [9.17, 15) is 59.4 Å². The van der Waals surface area contributed by atoms with Crippen molar-refractivity contribution in [1.82, 2.24) is 29.6 Å². The average molecular weight is 684 g/mol. The summed E-state index contributed by atoms with van der Waals surface area (Å²) in [5.74, 6) is -7.31. The summed E-state index contributed by atoms with van der Waals surface area (Å²) in [6, 6.07) is 5.88. The Hall–Kier alpha value is -4.40. The normalized spacial score (nSPS) is 19.5. The third-order valence-electron chi connectivity index (χ3n) is 7.63. The highest BCUT2D eigenvalue weighted by Crippen LogP contribution is 2.16. The molecule has 0 aliphatic carbocycles. The van der Waals surface area contributed by atoms with E-state index in [2.05, 4.69) is 0 Å². The van der Waals surface area contributed by atoms with Crippen molar-refractivity contribution in [3.8, 4) is 0 Å². The Kier molecular flexibility index (Phi) is 16.6. The topological polar surface area (TPSA) is 269 Å². The maximum absolute atomic E-state index is 12.2. The first-order valence-electron chi connectivity index (χ1n) is 15.2. The minimum atomic E-state index is -1.30. The lowest BCUT2D eigenvalue weighted by Crippen LogP contribution is -2.59. The van der Waals surface area contributed by atoms with Gasteiger partial charge in [-0.05, 0) is 24.1 Å². The molecule has 48 heavy (non-hydrogen) atoms. The zero-order chi connectivity index (χ0) is 35.8. The monoisotopic (exact) mass is 683 g/mol. The van der Waals surface area contributed by atoms with Crippen molar-refractivity contribution >= 4 is 41.5 Å². The molecule has 1 heterocycles. The van der Waals surface area contributed by atoms with Crippen molar-refractivity contribution in [2.75, 3.05) is 104 Å². The van der Waals surface area contributed by atoms with Crippen LogP contribution in [0.2, 0.25) is 0 Å². The smallest absolute Gasteiger partial charge is 0.319 e. The number of anilines is 1. The molecule has 19 nitrogen and oxygen atoms in total. The lowest BCUT2D eigenvalue weighted by molar-refractivity contribution is -0.158. The lowest BCUT2D eigenvalue weighted by atomic mass is 10.0. The van der Waals surface area contributed by atoms with Gasteiger partial charge in [-0.3, -0.25) is 48.4 Å². The van der Waals surface area contributed by atoms with Gasteiger partial charge in [-0.15, -0.1) is 0 Å². The first-order chi connectivity index (χ1) is 22.6. The Bertz CT molecular complexity index is 1250. The van der Waals surface area contributed by atoms with Gasteiger partial charge >= 0.3 is 35.8 Å². The molecule has 1 fully saturated rings. The Morgan fingerprint density at radius 2 is 0.875 bits per heavy atom. The molecule has 1 unspecified atom stereocenters. The first-order valence-corrected chi connectivity index (χ1v) is 15.2. The predicted octanol–water partition coefficient (Wildman–Crippen LogP) is -2.57. The number of rotatable bonds is 14.